The van der Waals surface area contributed by atoms with Crippen molar-refractivity contribution in [3.05, 3.63) is 34.9 Å². The Morgan fingerprint density at radius 1 is 1.25 bits per heavy atom. The Morgan fingerprint density at radius 3 is 2.65 bits per heavy atom. The van der Waals surface area contributed by atoms with Crippen LogP contribution in [0, 0.1) is 0 Å². The predicted octanol–water partition coefficient (Wildman–Crippen LogP) is 4.06. The average molecular weight is 312 g/mol. The van der Waals surface area contributed by atoms with Gasteiger partial charge in [-0.3, -0.25) is 4.79 Å². The maximum absolute atomic E-state index is 11.7. The van der Waals surface area contributed by atoms with Gasteiger partial charge < -0.3 is 5.32 Å². The van der Waals surface area contributed by atoms with E-state index in [4.69, 9.17) is 11.6 Å². The molecule has 0 unspecified atom stereocenters. The van der Waals surface area contributed by atoms with E-state index < -0.39 is 0 Å². The first kappa shape index (κ1) is 15.7. The molecule has 4 heteroatoms. The summed E-state index contributed by atoms with van der Waals surface area (Å²) in [5.41, 5.74) is 1.16. The minimum absolute atomic E-state index is 0.145. The van der Waals surface area contributed by atoms with Gasteiger partial charge in [-0.25, -0.2) is 0 Å². The van der Waals surface area contributed by atoms with Crippen molar-refractivity contribution in [1.29, 1.82) is 0 Å². The number of hydrogen-bond donors (Lipinski definition) is 1. The fraction of sp³-hybridized carbons (Fsp3) is 0.562. The quantitative estimate of drug-likeness (QED) is 0.769. The third-order valence-electron chi connectivity index (χ3n) is 3.63. The van der Waals surface area contributed by atoms with Crippen LogP contribution in [-0.2, 0) is 11.2 Å². The molecule has 1 saturated carbocycles. The molecule has 1 aliphatic rings. The zero-order valence-corrected chi connectivity index (χ0v) is 13.3. The molecule has 1 amide bonds. The molecule has 0 saturated heterocycles. The lowest BCUT2D eigenvalue weighted by Gasteiger charge is -2.09. The largest absolute Gasteiger partial charge is 0.355 e. The summed E-state index contributed by atoms with van der Waals surface area (Å²) < 4.78 is 0. The molecule has 1 N–H and O–H groups in total. The maximum Gasteiger partial charge on any atom is 0.220 e. The molecule has 0 bridgehead atoms. The van der Waals surface area contributed by atoms with E-state index in [9.17, 15) is 4.79 Å². The average Bonchev–Trinajstić information content (AvgIpc) is 2.96. The summed E-state index contributed by atoms with van der Waals surface area (Å²) >= 11 is 7.84. The molecule has 0 atom stereocenters. The maximum atomic E-state index is 11.7. The topological polar surface area (TPSA) is 29.1 Å². The van der Waals surface area contributed by atoms with Crippen LogP contribution in [0.4, 0.5) is 0 Å². The number of amides is 1. The van der Waals surface area contributed by atoms with Gasteiger partial charge in [0.25, 0.3) is 0 Å². The minimum Gasteiger partial charge on any atom is -0.355 e. The van der Waals surface area contributed by atoms with Gasteiger partial charge >= 0.3 is 0 Å². The van der Waals surface area contributed by atoms with Crippen molar-refractivity contribution in [1.82, 2.24) is 5.32 Å². The first-order chi connectivity index (χ1) is 9.74. The highest BCUT2D eigenvalue weighted by molar-refractivity contribution is 7.99. The Morgan fingerprint density at radius 2 is 1.95 bits per heavy atom. The summed E-state index contributed by atoms with van der Waals surface area (Å²) in [5, 5.41) is 4.57. The molecular weight excluding hydrogens is 290 g/mol. The van der Waals surface area contributed by atoms with Gasteiger partial charge in [0.2, 0.25) is 5.91 Å². The van der Waals surface area contributed by atoms with Gasteiger partial charge in [0.1, 0.15) is 0 Å². The monoisotopic (exact) mass is 311 g/mol. The van der Waals surface area contributed by atoms with Crippen molar-refractivity contribution in [2.75, 3.05) is 12.3 Å². The number of carbonyl (C=O) groups is 1. The summed E-state index contributed by atoms with van der Waals surface area (Å²) in [6.45, 7) is 0.792. The van der Waals surface area contributed by atoms with E-state index in [0.717, 1.165) is 34.6 Å². The van der Waals surface area contributed by atoms with Gasteiger partial charge in [-0.15, -0.1) is 0 Å². The Balaban J connectivity index is 1.54. The van der Waals surface area contributed by atoms with Crippen LogP contribution in [0.3, 0.4) is 0 Å². The van der Waals surface area contributed by atoms with Crippen LogP contribution in [-0.4, -0.2) is 23.5 Å². The Labute approximate surface area is 130 Å². The summed E-state index contributed by atoms with van der Waals surface area (Å²) in [5.74, 6) is 1.18. The van der Waals surface area contributed by atoms with Crippen molar-refractivity contribution in [2.45, 2.75) is 43.8 Å². The lowest BCUT2D eigenvalue weighted by atomic mass is 10.1. The van der Waals surface area contributed by atoms with Gasteiger partial charge in [0, 0.05) is 29.0 Å². The van der Waals surface area contributed by atoms with E-state index in [0.29, 0.717) is 6.42 Å². The van der Waals surface area contributed by atoms with E-state index in [1.807, 2.05) is 36.0 Å². The van der Waals surface area contributed by atoms with Crippen molar-refractivity contribution in [3.63, 3.8) is 0 Å². The van der Waals surface area contributed by atoms with E-state index in [-0.39, 0.29) is 5.91 Å². The van der Waals surface area contributed by atoms with Crippen molar-refractivity contribution < 1.29 is 4.79 Å². The van der Waals surface area contributed by atoms with Crippen LogP contribution in [0.1, 0.15) is 37.7 Å². The number of nitrogens with one attached hydrogen (secondary N) is 1. The molecule has 20 heavy (non-hydrogen) atoms. The highest BCUT2D eigenvalue weighted by atomic mass is 35.5. The smallest absolute Gasteiger partial charge is 0.220 e. The van der Waals surface area contributed by atoms with E-state index in [2.05, 4.69) is 5.32 Å². The molecule has 0 heterocycles. The van der Waals surface area contributed by atoms with Crippen LogP contribution >= 0.6 is 23.4 Å². The van der Waals surface area contributed by atoms with Crippen LogP contribution in [0.5, 0.6) is 0 Å². The number of rotatable bonds is 7. The Kier molecular flexibility index (Phi) is 6.74. The second-order valence-corrected chi connectivity index (χ2v) is 7.10. The summed E-state index contributed by atoms with van der Waals surface area (Å²) in [4.78, 5) is 11.7. The van der Waals surface area contributed by atoms with Gasteiger partial charge in [-0.1, -0.05) is 36.6 Å². The lowest BCUT2D eigenvalue weighted by molar-refractivity contribution is -0.120. The highest BCUT2D eigenvalue weighted by Crippen LogP contribution is 2.28. The van der Waals surface area contributed by atoms with Crippen LogP contribution in [0.25, 0.3) is 0 Å². The second kappa shape index (κ2) is 8.58. The number of halogens is 1. The number of thioether (sulfide) groups is 1. The number of carbonyl (C=O) groups excluding carboxylic acids is 1. The van der Waals surface area contributed by atoms with E-state index in [1.54, 1.807) is 0 Å². The Bertz CT molecular complexity index is 415. The number of hydrogen-bond acceptors (Lipinski definition) is 2. The lowest BCUT2D eigenvalue weighted by Crippen LogP contribution is -2.26. The molecule has 1 aliphatic carbocycles. The molecule has 0 aromatic heterocycles. The molecule has 1 aromatic rings. The zero-order valence-electron chi connectivity index (χ0n) is 11.7. The normalized spacial score (nSPS) is 15.4. The van der Waals surface area contributed by atoms with Gasteiger partial charge in [0.15, 0.2) is 0 Å². The molecule has 1 fully saturated rings. The third-order valence-corrected chi connectivity index (χ3v) is 5.27. The molecule has 1 aromatic carbocycles. The van der Waals surface area contributed by atoms with Gasteiger partial charge in [-0.05, 0) is 37.0 Å². The standard InChI is InChI=1S/C16H22ClNOS/c17-14-8-5-13(6-9-14)7-10-16(19)18-11-12-20-15-3-1-2-4-15/h5-6,8-9,15H,1-4,7,10-12H2,(H,18,19). The number of benzene rings is 1. The molecule has 0 spiro atoms. The van der Waals surface area contributed by atoms with Crippen molar-refractivity contribution in [2.24, 2.45) is 0 Å². The molecule has 2 rings (SSSR count). The fourth-order valence-corrected chi connectivity index (χ4v) is 3.81. The van der Waals surface area contributed by atoms with Crippen molar-refractivity contribution in [3.8, 4) is 0 Å². The number of aryl methyl sites for hydroxylation is 1. The van der Waals surface area contributed by atoms with Gasteiger partial charge in [0.05, 0.1) is 0 Å². The first-order valence-corrected chi connectivity index (χ1v) is 8.79. The molecule has 2 nitrogen and oxygen atoms in total. The van der Waals surface area contributed by atoms with Crippen LogP contribution in [0.2, 0.25) is 5.02 Å². The SMILES string of the molecule is O=C(CCc1ccc(Cl)cc1)NCCSC1CCCC1. The van der Waals surface area contributed by atoms with Crippen molar-refractivity contribution >= 4 is 29.3 Å². The van der Waals surface area contributed by atoms with Crippen LogP contribution < -0.4 is 5.32 Å². The zero-order chi connectivity index (χ0) is 14.2. The molecule has 0 radical (unpaired) electrons. The molecule has 110 valence electrons. The second-order valence-electron chi connectivity index (χ2n) is 5.25. The third kappa shape index (κ3) is 5.76. The molecule has 0 aliphatic heterocycles. The van der Waals surface area contributed by atoms with E-state index in [1.165, 1.54) is 25.7 Å². The van der Waals surface area contributed by atoms with Gasteiger partial charge in [-0.2, -0.15) is 11.8 Å². The van der Waals surface area contributed by atoms with E-state index >= 15 is 0 Å². The fourth-order valence-electron chi connectivity index (χ4n) is 2.47. The highest BCUT2D eigenvalue weighted by Gasteiger charge is 2.14. The van der Waals surface area contributed by atoms with Crippen LogP contribution in [0.15, 0.2) is 24.3 Å². The summed E-state index contributed by atoms with van der Waals surface area (Å²) in [7, 11) is 0. The summed E-state index contributed by atoms with van der Waals surface area (Å²) in [6.07, 6.45) is 6.80. The minimum atomic E-state index is 0.145. The first-order valence-electron chi connectivity index (χ1n) is 7.37. The summed E-state index contributed by atoms with van der Waals surface area (Å²) in [6, 6.07) is 7.69. The predicted molar refractivity (Wildman–Crippen MR) is 87.5 cm³/mol. The molecular formula is C16H22ClNOS. The Hall–Kier alpha value is -0.670.